The number of thiophene rings is 1. The van der Waals surface area contributed by atoms with Crippen molar-refractivity contribution >= 4 is 22.9 Å². The van der Waals surface area contributed by atoms with Crippen LogP contribution in [0.1, 0.15) is 33.3 Å². The summed E-state index contributed by atoms with van der Waals surface area (Å²) in [4.78, 5) is 27.0. The maximum Gasteiger partial charge on any atom is 0.252 e. The molecule has 0 saturated carbocycles. The van der Waals surface area contributed by atoms with Crippen molar-refractivity contribution in [2.45, 2.75) is 18.8 Å². The molecule has 0 aromatic carbocycles. The second-order valence-electron chi connectivity index (χ2n) is 6.06. The van der Waals surface area contributed by atoms with Crippen LogP contribution in [-0.2, 0) is 6.42 Å². The van der Waals surface area contributed by atoms with Gasteiger partial charge in [0.25, 0.3) is 5.78 Å². The van der Waals surface area contributed by atoms with E-state index in [-0.39, 0.29) is 11.7 Å². The highest BCUT2D eigenvalue weighted by atomic mass is 32.1. The Balaban J connectivity index is 1.59. The van der Waals surface area contributed by atoms with Gasteiger partial charge >= 0.3 is 0 Å². The highest BCUT2D eigenvalue weighted by Crippen LogP contribution is 2.34. The fourth-order valence-corrected chi connectivity index (χ4v) is 4.06. The molecule has 5 rings (SSSR count). The minimum absolute atomic E-state index is 0.120. The van der Waals surface area contributed by atoms with Crippen molar-refractivity contribution in [3.05, 3.63) is 64.4 Å². The van der Waals surface area contributed by atoms with Gasteiger partial charge in [0.15, 0.2) is 11.6 Å². The highest BCUT2D eigenvalue weighted by molar-refractivity contribution is 7.10. The fourth-order valence-electron chi connectivity index (χ4n) is 3.23. The van der Waals surface area contributed by atoms with Gasteiger partial charge in [-0.2, -0.15) is 4.98 Å². The molecule has 25 heavy (non-hydrogen) atoms. The zero-order valence-electron chi connectivity index (χ0n) is 13.2. The summed E-state index contributed by atoms with van der Waals surface area (Å²) >= 11 is 1.69. The average Bonchev–Trinajstić information content (AvgIpc) is 3.30. The lowest BCUT2D eigenvalue weighted by Crippen LogP contribution is -2.20. The van der Waals surface area contributed by atoms with Gasteiger partial charge < -0.3 is 0 Å². The van der Waals surface area contributed by atoms with Gasteiger partial charge in [-0.05, 0) is 30.0 Å². The largest absolute Gasteiger partial charge is 0.294 e. The molecule has 0 N–H and O–H groups in total. The second kappa shape index (κ2) is 5.56. The summed E-state index contributed by atoms with van der Waals surface area (Å²) in [6, 6.07) is 7.82. The van der Waals surface area contributed by atoms with Crippen molar-refractivity contribution in [1.29, 1.82) is 0 Å². The summed E-state index contributed by atoms with van der Waals surface area (Å²) in [5, 5.41) is 6.51. The zero-order chi connectivity index (χ0) is 16.8. The van der Waals surface area contributed by atoms with Crippen LogP contribution in [0.2, 0.25) is 0 Å². The molecule has 0 fully saturated rings. The van der Waals surface area contributed by atoms with E-state index in [2.05, 4.69) is 26.1 Å². The Morgan fingerprint density at radius 3 is 2.80 bits per heavy atom. The molecule has 0 spiro atoms. The van der Waals surface area contributed by atoms with Gasteiger partial charge in [0.2, 0.25) is 0 Å². The monoisotopic (exact) mass is 347 g/mol. The maximum absolute atomic E-state index is 12.6. The van der Waals surface area contributed by atoms with Crippen molar-refractivity contribution in [3.8, 4) is 11.4 Å². The third-order valence-corrected chi connectivity index (χ3v) is 5.50. The predicted molar refractivity (Wildman–Crippen MR) is 93.7 cm³/mol. The van der Waals surface area contributed by atoms with Gasteiger partial charge in [-0.15, -0.1) is 16.4 Å². The molecule has 0 unspecified atom stereocenters. The number of carbonyl (C=O) groups is 1. The number of rotatable bonds is 2. The molecule has 1 aliphatic carbocycles. The summed E-state index contributed by atoms with van der Waals surface area (Å²) in [6.45, 7) is 0. The summed E-state index contributed by atoms with van der Waals surface area (Å²) in [7, 11) is 0. The molecule has 0 amide bonds. The van der Waals surface area contributed by atoms with Crippen LogP contribution in [0.4, 0.5) is 0 Å². The molecule has 7 heteroatoms. The standard InChI is InChI=1S/C18H13N5OS/c24-15-9-12(16-2-1-7-25-16)8-14-13(15)10-23-18(20-14)21-17(22-23)11-3-5-19-6-4-11/h1-7,10,12H,8-9H2/t12-/m1/s1. The lowest BCUT2D eigenvalue weighted by Gasteiger charge is -2.21. The lowest BCUT2D eigenvalue weighted by atomic mass is 9.86. The summed E-state index contributed by atoms with van der Waals surface area (Å²) in [5.41, 5.74) is 2.35. The van der Waals surface area contributed by atoms with Crippen LogP contribution in [0, 0.1) is 0 Å². The Morgan fingerprint density at radius 1 is 1.12 bits per heavy atom. The molecular weight excluding hydrogens is 334 g/mol. The van der Waals surface area contributed by atoms with Crippen molar-refractivity contribution in [2.75, 3.05) is 0 Å². The number of ketones is 1. The Labute approximate surface area is 147 Å². The van der Waals surface area contributed by atoms with E-state index >= 15 is 0 Å². The minimum Gasteiger partial charge on any atom is -0.294 e. The van der Waals surface area contributed by atoms with Crippen molar-refractivity contribution in [3.63, 3.8) is 0 Å². The van der Waals surface area contributed by atoms with Gasteiger partial charge in [-0.25, -0.2) is 9.50 Å². The molecule has 4 aromatic heterocycles. The van der Waals surface area contributed by atoms with Crippen LogP contribution in [0.3, 0.4) is 0 Å². The van der Waals surface area contributed by atoms with E-state index in [4.69, 9.17) is 0 Å². The third kappa shape index (κ3) is 2.44. The molecule has 0 radical (unpaired) electrons. The summed E-state index contributed by atoms with van der Waals surface area (Å²) in [5.74, 6) is 1.43. The predicted octanol–water partition coefficient (Wildman–Crippen LogP) is 3.16. The topological polar surface area (TPSA) is 73.0 Å². The van der Waals surface area contributed by atoms with E-state index in [1.807, 2.05) is 23.6 Å². The van der Waals surface area contributed by atoms with Crippen LogP contribution in [-0.4, -0.2) is 30.3 Å². The van der Waals surface area contributed by atoms with Crippen molar-refractivity contribution in [1.82, 2.24) is 24.6 Å². The van der Waals surface area contributed by atoms with Gasteiger partial charge in [0.1, 0.15) is 0 Å². The Bertz CT molecular complexity index is 1070. The molecule has 0 saturated heterocycles. The van der Waals surface area contributed by atoms with Crippen molar-refractivity contribution in [2.24, 2.45) is 0 Å². The smallest absolute Gasteiger partial charge is 0.252 e. The molecule has 4 heterocycles. The van der Waals surface area contributed by atoms with Gasteiger partial charge in [0, 0.05) is 41.4 Å². The zero-order valence-corrected chi connectivity index (χ0v) is 14.0. The molecule has 4 aromatic rings. The normalized spacial score (nSPS) is 17.0. The van der Waals surface area contributed by atoms with E-state index in [1.54, 1.807) is 34.4 Å². The quantitative estimate of drug-likeness (QED) is 0.557. The Morgan fingerprint density at radius 2 is 2.00 bits per heavy atom. The number of nitrogens with zero attached hydrogens (tertiary/aromatic N) is 5. The molecular formula is C18H13N5OS. The van der Waals surface area contributed by atoms with E-state index in [9.17, 15) is 4.79 Å². The molecule has 0 bridgehead atoms. The second-order valence-corrected chi connectivity index (χ2v) is 7.04. The third-order valence-electron chi connectivity index (χ3n) is 4.47. The minimum atomic E-state index is 0.120. The van der Waals surface area contributed by atoms with E-state index < -0.39 is 0 Å². The van der Waals surface area contributed by atoms with Crippen LogP contribution in [0.25, 0.3) is 17.2 Å². The highest BCUT2D eigenvalue weighted by Gasteiger charge is 2.29. The SMILES string of the molecule is O=C1C[C@H](c2cccs2)Cc2nc3nc(-c4ccncc4)nn3cc21. The number of hydrogen-bond donors (Lipinski definition) is 0. The number of carbonyl (C=O) groups excluding carboxylic acids is 1. The van der Waals surface area contributed by atoms with Gasteiger partial charge in [-0.3, -0.25) is 9.78 Å². The lowest BCUT2D eigenvalue weighted by molar-refractivity contribution is 0.0963. The first-order valence-electron chi connectivity index (χ1n) is 8.01. The summed E-state index contributed by atoms with van der Waals surface area (Å²) in [6.07, 6.45) is 6.45. The first kappa shape index (κ1) is 14.4. The number of pyridine rings is 1. The van der Waals surface area contributed by atoms with Crippen molar-refractivity contribution < 1.29 is 4.79 Å². The summed E-state index contributed by atoms with van der Waals surface area (Å²) < 4.78 is 1.60. The number of fused-ring (bicyclic) bond motifs is 2. The van der Waals surface area contributed by atoms with Crippen LogP contribution < -0.4 is 0 Å². The Hall–Kier alpha value is -2.93. The average molecular weight is 347 g/mol. The molecule has 0 aliphatic heterocycles. The molecule has 1 aliphatic rings. The van der Waals surface area contributed by atoms with Gasteiger partial charge in [-0.1, -0.05) is 6.07 Å². The maximum atomic E-state index is 12.6. The molecule has 1 atom stereocenters. The van der Waals surface area contributed by atoms with Crippen LogP contribution in [0.15, 0.2) is 48.2 Å². The number of hydrogen-bond acceptors (Lipinski definition) is 6. The van der Waals surface area contributed by atoms with E-state index in [0.29, 0.717) is 23.6 Å². The van der Waals surface area contributed by atoms with Crippen LogP contribution >= 0.6 is 11.3 Å². The van der Waals surface area contributed by atoms with E-state index in [1.165, 1.54) is 4.88 Å². The van der Waals surface area contributed by atoms with Gasteiger partial charge in [0.05, 0.1) is 11.3 Å². The van der Waals surface area contributed by atoms with E-state index in [0.717, 1.165) is 17.7 Å². The Kier molecular flexibility index (Phi) is 3.21. The molecule has 6 nitrogen and oxygen atoms in total. The number of aromatic nitrogens is 5. The molecule has 122 valence electrons. The number of Topliss-reactive ketones (excluding diaryl/α,β-unsaturated/α-hetero) is 1. The fraction of sp³-hybridized carbons (Fsp3) is 0.167. The first-order chi connectivity index (χ1) is 12.3. The first-order valence-corrected chi connectivity index (χ1v) is 8.89. The van der Waals surface area contributed by atoms with Crippen LogP contribution in [0.5, 0.6) is 0 Å².